The SMILES string of the molecule is Cl.[O-][n+]1cccnc1. The van der Waals surface area contributed by atoms with Crippen molar-refractivity contribution in [2.45, 2.75) is 0 Å². The van der Waals surface area contributed by atoms with Gasteiger partial charge in [-0.3, -0.25) is 0 Å². The lowest BCUT2D eigenvalue weighted by molar-refractivity contribution is -0.608. The summed E-state index contributed by atoms with van der Waals surface area (Å²) >= 11 is 0. The molecule has 0 aliphatic rings. The lowest BCUT2D eigenvalue weighted by atomic mass is 10.7. The summed E-state index contributed by atoms with van der Waals surface area (Å²) in [5, 5.41) is 10.1. The summed E-state index contributed by atoms with van der Waals surface area (Å²) in [6, 6.07) is 1.58. The molecule has 0 saturated heterocycles. The van der Waals surface area contributed by atoms with Crippen LogP contribution in [0.15, 0.2) is 24.8 Å². The maximum absolute atomic E-state index is 10.1. The number of rotatable bonds is 0. The van der Waals surface area contributed by atoms with E-state index in [9.17, 15) is 5.21 Å². The molecule has 1 aromatic heterocycles. The molecule has 0 aromatic carbocycles. The van der Waals surface area contributed by atoms with Crippen molar-refractivity contribution in [2.24, 2.45) is 0 Å². The van der Waals surface area contributed by atoms with Crippen LogP contribution in [0.4, 0.5) is 0 Å². The Morgan fingerprint density at radius 2 is 2.25 bits per heavy atom. The molecule has 3 nitrogen and oxygen atoms in total. The Morgan fingerprint density at radius 1 is 1.50 bits per heavy atom. The highest BCUT2D eigenvalue weighted by molar-refractivity contribution is 5.85. The van der Waals surface area contributed by atoms with E-state index in [0.29, 0.717) is 4.73 Å². The van der Waals surface area contributed by atoms with Gasteiger partial charge >= 0.3 is 0 Å². The van der Waals surface area contributed by atoms with E-state index in [2.05, 4.69) is 4.98 Å². The van der Waals surface area contributed by atoms with Gasteiger partial charge in [0.05, 0.1) is 6.20 Å². The molecule has 0 bridgehead atoms. The Balaban J connectivity index is 0.000000490. The molecule has 1 rings (SSSR count). The fourth-order valence-electron chi connectivity index (χ4n) is 0.316. The standard InChI is InChI=1S/C4H4N2O.ClH/c7-6-3-1-2-5-4-6;/h1-4H;1H. The Labute approximate surface area is 53.0 Å². The van der Waals surface area contributed by atoms with Crippen molar-refractivity contribution < 1.29 is 4.73 Å². The van der Waals surface area contributed by atoms with Crippen LogP contribution in [0.1, 0.15) is 0 Å². The fourth-order valence-corrected chi connectivity index (χ4v) is 0.316. The zero-order valence-corrected chi connectivity index (χ0v) is 4.84. The maximum Gasteiger partial charge on any atom is 0.289 e. The Bertz CT molecular complexity index is 144. The third-order valence-electron chi connectivity index (χ3n) is 0.586. The van der Waals surface area contributed by atoms with Gasteiger partial charge in [-0.25, -0.2) is 4.73 Å². The van der Waals surface area contributed by atoms with Gasteiger partial charge in [-0.1, -0.05) is 4.98 Å². The summed E-state index contributed by atoms with van der Waals surface area (Å²) < 4.78 is 0.639. The number of nitrogens with zero attached hydrogens (tertiary/aromatic N) is 2. The highest BCUT2D eigenvalue weighted by Gasteiger charge is 1.75. The van der Waals surface area contributed by atoms with Crippen LogP contribution in [-0.2, 0) is 0 Å². The zero-order chi connectivity index (χ0) is 5.11. The van der Waals surface area contributed by atoms with Crippen LogP contribution >= 0.6 is 12.4 Å². The molecule has 0 saturated carbocycles. The fraction of sp³-hybridized carbons (Fsp3) is 0. The molecule has 0 radical (unpaired) electrons. The number of aromatic nitrogens is 2. The summed E-state index contributed by atoms with van der Waals surface area (Å²) in [5.74, 6) is 0. The van der Waals surface area contributed by atoms with Crippen molar-refractivity contribution in [1.82, 2.24) is 4.98 Å². The van der Waals surface area contributed by atoms with E-state index in [1.807, 2.05) is 0 Å². The topological polar surface area (TPSA) is 39.8 Å². The van der Waals surface area contributed by atoms with Crippen molar-refractivity contribution >= 4 is 12.4 Å². The van der Waals surface area contributed by atoms with E-state index in [1.54, 1.807) is 12.3 Å². The summed E-state index contributed by atoms with van der Waals surface area (Å²) in [4.78, 5) is 3.53. The average molecular weight is 133 g/mol. The first-order chi connectivity index (χ1) is 3.39. The predicted octanol–water partition coefficient (Wildman–Crippen LogP) is 0.137. The van der Waals surface area contributed by atoms with Crippen LogP contribution < -0.4 is 4.73 Å². The third kappa shape index (κ3) is 1.75. The first kappa shape index (κ1) is 7.17. The molecule has 0 aliphatic heterocycles. The van der Waals surface area contributed by atoms with Gasteiger partial charge in [0.25, 0.3) is 6.33 Å². The molecule has 1 heterocycles. The third-order valence-corrected chi connectivity index (χ3v) is 0.586. The molecule has 1 aromatic rings. The molecular weight excluding hydrogens is 128 g/mol. The second-order valence-electron chi connectivity index (χ2n) is 1.12. The molecular formula is C4H5ClN2O. The van der Waals surface area contributed by atoms with Crippen LogP contribution in [0.3, 0.4) is 0 Å². The van der Waals surface area contributed by atoms with Gasteiger partial charge in [0, 0.05) is 6.07 Å². The quantitative estimate of drug-likeness (QED) is 0.372. The van der Waals surface area contributed by atoms with Gasteiger partial charge in [0.2, 0.25) is 0 Å². The van der Waals surface area contributed by atoms with Crippen LogP contribution in [-0.4, -0.2) is 4.98 Å². The molecule has 0 spiro atoms. The van der Waals surface area contributed by atoms with E-state index in [0.717, 1.165) is 0 Å². The average Bonchev–Trinajstić information content (AvgIpc) is 1.69. The van der Waals surface area contributed by atoms with Crippen LogP contribution in [0.5, 0.6) is 0 Å². The zero-order valence-electron chi connectivity index (χ0n) is 4.02. The molecule has 0 amide bonds. The van der Waals surface area contributed by atoms with E-state index < -0.39 is 0 Å². The van der Waals surface area contributed by atoms with Crippen LogP contribution in [0, 0.1) is 5.21 Å². The Hall–Kier alpha value is -0.830. The van der Waals surface area contributed by atoms with E-state index in [4.69, 9.17) is 0 Å². The van der Waals surface area contributed by atoms with Gasteiger partial charge < -0.3 is 5.21 Å². The molecule has 44 valence electrons. The van der Waals surface area contributed by atoms with Gasteiger partial charge in [0.15, 0.2) is 0 Å². The highest BCUT2D eigenvalue weighted by Crippen LogP contribution is 1.64. The number of hydrogen-bond acceptors (Lipinski definition) is 2. The predicted molar refractivity (Wildman–Crippen MR) is 30.4 cm³/mol. The molecule has 0 atom stereocenters. The molecule has 0 aliphatic carbocycles. The summed E-state index contributed by atoms with van der Waals surface area (Å²) in [6.45, 7) is 0. The molecule has 0 N–H and O–H groups in total. The minimum atomic E-state index is 0. The number of hydrogen-bond donors (Lipinski definition) is 0. The first-order valence-electron chi connectivity index (χ1n) is 1.88. The second kappa shape index (κ2) is 3.21. The van der Waals surface area contributed by atoms with Crippen molar-refractivity contribution in [3.05, 3.63) is 30.0 Å². The highest BCUT2D eigenvalue weighted by atomic mass is 35.5. The van der Waals surface area contributed by atoms with Gasteiger partial charge in [-0.15, -0.1) is 12.4 Å². The minimum absolute atomic E-state index is 0. The maximum atomic E-state index is 10.1. The van der Waals surface area contributed by atoms with Crippen LogP contribution in [0.25, 0.3) is 0 Å². The van der Waals surface area contributed by atoms with Gasteiger partial charge in [-0.05, 0) is 0 Å². The minimum Gasteiger partial charge on any atom is -0.711 e. The largest absolute Gasteiger partial charge is 0.711 e. The van der Waals surface area contributed by atoms with E-state index in [1.165, 1.54) is 12.5 Å². The molecule has 4 heteroatoms. The van der Waals surface area contributed by atoms with Crippen molar-refractivity contribution in [1.29, 1.82) is 0 Å². The molecule has 0 unspecified atom stereocenters. The molecule has 0 fully saturated rings. The first-order valence-corrected chi connectivity index (χ1v) is 1.88. The monoisotopic (exact) mass is 132 g/mol. The molecule has 8 heavy (non-hydrogen) atoms. The smallest absolute Gasteiger partial charge is 0.289 e. The normalized spacial score (nSPS) is 7.50. The summed E-state index contributed by atoms with van der Waals surface area (Å²) in [7, 11) is 0. The Kier molecular flexibility index (Phi) is 2.88. The van der Waals surface area contributed by atoms with Gasteiger partial charge in [-0.2, -0.15) is 0 Å². The number of halogens is 1. The second-order valence-corrected chi connectivity index (χ2v) is 1.12. The lowest BCUT2D eigenvalue weighted by Gasteiger charge is -1.92. The van der Waals surface area contributed by atoms with Gasteiger partial charge in [0.1, 0.15) is 6.20 Å². The van der Waals surface area contributed by atoms with Crippen molar-refractivity contribution in [3.63, 3.8) is 0 Å². The Morgan fingerprint density at radius 3 is 2.50 bits per heavy atom. The van der Waals surface area contributed by atoms with E-state index in [-0.39, 0.29) is 12.4 Å². The van der Waals surface area contributed by atoms with Crippen molar-refractivity contribution in [3.8, 4) is 0 Å². The lowest BCUT2D eigenvalue weighted by Crippen LogP contribution is -2.24. The summed E-state index contributed by atoms with van der Waals surface area (Å²) in [6.07, 6.45) is 4.13. The summed E-state index contributed by atoms with van der Waals surface area (Å²) in [5.41, 5.74) is 0. The van der Waals surface area contributed by atoms with Crippen molar-refractivity contribution in [2.75, 3.05) is 0 Å². The van der Waals surface area contributed by atoms with Crippen LogP contribution in [0.2, 0.25) is 0 Å². The van der Waals surface area contributed by atoms with E-state index >= 15 is 0 Å².